The predicted molar refractivity (Wildman–Crippen MR) is 85.4 cm³/mol. The van der Waals surface area contributed by atoms with Crippen LogP contribution in [0.3, 0.4) is 0 Å². The zero-order chi connectivity index (χ0) is 17.1. The van der Waals surface area contributed by atoms with Crippen molar-refractivity contribution in [3.8, 4) is 0 Å². The number of carboxylic acid groups (broad SMARTS) is 1. The van der Waals surface area contributed by atoms with Gasteiger partial charge in [0.2, 0.25) is 10.0 Å². The van der Waals surface area contributed by atoms with Crippen LogP contribution >= 0.6 is 0 Å². The smallest absolute Gasteiger partial charge is 0.313 e. The Bertz CT molecular complexity index is 785. The van der Waals surface area contributed by atoms with Gasteiger partial charge in [0.1, 0.15) is 4.90 Å². The highest BCUT2D eigenvalue weighted by molar-refractivity contribution is 7.89. The van der Waals surface area contributed by atoms with Crippen molar-refractivity contribution in [2.45, 2.75) is 30.7 Å². The van der Waals surface area contributed by atoms with E-state index in [1.165, 1.54) is 18.5 Å². The van der Waals surface area contributed by atoms with Crippen LogP contribution in [0.5, 0.6) is 0 Å². The minimum atomic E-state index is -3.62. The maximum Gasteiger partial charge on any atom is 0.313 e. The molecule has 1 aromatic heterocycles. The Morgan fingerprint density at radius 1 is 1.22 bits per heavy atom. The molecule has 122 valence electrons. The first-order valence-corrected chi connectivity index (χ1v) is 8.44. The molecule has 0 unspecified atom stereocenters. The number of nitrogens with zero attached hydrogens (tertiary/aromatic N) is 1. The van der Waals surface area contributed by atoms with E-state index in [0.717, 1.165) is 5.56 Å². The molecule has 0 atom stereocenters. The molecular weight excluding hydrogens is 316 g/mol. The lowest BCUT2D eigenvalue weighted by molar-refractivity contribution is -0.142. The third kappa shape index (κ3) is 3.94. The number of carboxylic acids is 1. The van der Waals surface area contributed by atoms with Crippen LogP contribution in [0.2, 0.25) is 0 Å². The van der Waals surface area contributed by atoms with E-state index in [0.29, 0.717) is 5.56 Å². The number of nitrogens with one attached hydrogen (secondary N) is 1. The van der Waals surface area contributed by atoms with Gasteiger partial charge in [-0.15, -0.1) is 0 Å². The molecule has 0 saturated heterocycles. The average molecular weight is 334 g/mol. The Labute approximate surface area is 135 Å². The first-order valence-electron chi connectivity index (χ1n) is 6.96. The SMILES string of the molecule is CC(C)(C(=O)O)c1ccc(CNS(=O)(=O)c2cccnc2)cc1. The molecule has 6 nitrogen and oxygen atoms in total. The summed E-state index contributed by atoms with van der Waals surface area (Å²) < 4.78 is 26.7. The van der Waals surface area contributed by atoms with Crippen LogP contribution in [0.25, 0.3) is 0 Å². The van der Waals surface area contributed by atoms with Crippen molar-refractivity contribution in [1.82, 2.24) is 9.71 Å². The summed E-state index contributed by atoms with van der Waals surface area (Å²) in [4.78, 5) is 15.1. The summed E-state index contributed by atoms with van der Waals surface area (Å²) in [7, 11) is -3.62. The summed E-state index contributed by atoms with van der Waals surface area (Å²) in [5, 5.41) is 9.20. The van der Waals surface area contributed by atoms with Crippen LogP contribution in [0.15, 0.2) is 53.7 Å². The number of aromatic nitrogens is 1. The molecule has 0 saturated carbocycles. The van der Waals surface area contributed by atoms with E-state index in [4.69, 9.17) is 0 Å². The standard InChI is InChI=1S/C16H18N2O4S/c1-16(2,15(19)20)13-7-5-12(6-8-13)10-18-23(21,22)14-4-3-9-17-11-14/h3-9,11,18H,10H2,1-2H3,(H,19,20). The van der Waals surface area contributed by atoms with Gasteiger partial charge in [-0.3, -0.25) is 9.78 Å². The van der Waals surface area contributed by atoms with E-state index in [1.54, 1.807) is 44.2 Å². The van der Waals surface area contributed by atoms with Gasteiger partial charge < -0.3 is 5.11 Å². The largest absolute Gasteiger partial charge is 0.481 e. The number of carbonyl (C=O) groups is 1. The third-order valence-corrected chi connectivity index (χ3v) is 5.01. The van der Waals surface area contributed by atoms with E-state index in [1.807, 2.05) is 0 Å². The normalized spacial score (nSPS) is 12.1. The van der Waals surface area contributed by atoms with Gasteiger partial charge in [0.25, 0.3) is 0 Å². The first kappa shape index (κ1) is 17.1. The maximum atomic E-state index is 12.1. The number of hydrogen-bond donors (Lipinski definition) is 2. The van der Waals surface area contributed by atoms with Gasteiger partial charge in [0.05, 0.1) is 5.41 Å². The van der Waals surface area contributed by atoms with Gasteiger partial charge in [0.15, 0.2) is 0 Å². The molecule has 0 aliphatic heterocycles. The van der Waals surface area contributed by atoms with Crippen LogP contribution in [0.4, 0.5) is 0 Å². The molecule has 0 aliphatic carbocycles. The summed E-state index contributed by atoms with van der Waals surface area (Å²) in [6, 6.07) is 9.84. The van der Waals surface area contributed by atoms with E-state index < -0.39 is 21.4 Å². The van der Waals surface area contributed by atoms with Crippen molar-refractivity contribution >= 4 is 16.0 Å². The Morgan fingerprint density at radius 3 is 2.39 bits per heavy atom. The van der Waals surface area contributed by atoms with Gasteiger partial charge in [-0.2, -0.15) is 0 Å². The van der Waals surface area contributed by atoms with Crippen LogP contribution in [-0.2, 0) is 26.8 Å². The summed E-state index contributed by atoms with van der Waals surface area (Å²) in [6.07, 6.45) is 2.78. The second-order valence-electron chi connectivity index (χ2n) is 5.64. The van der Waals surface area contributed by atoms with Crippen molar-refractivity contribution in [2.24, 2.45) is 0 Å². The fraction of sp³-hybridized carbons (Fsp3) is 0.250. The summed E-state index contributed by atoms with van der Waals surface area (Å²) >= 11 is 0. The molecule has 2 aromatic rings. The minimum Gasteiger partial charge on any atom is -0.481 e. The molecule has 23 heavy (non-hydrogen) atoms. The van der Waals surface area contributed by atoms with E-state index >= 15 is 0 Å². The fourth-order valence-corrected chi connectivity index (χ4v) is 2.91. The molecule has 1 aromatic carbocycles. The molecule has 2 N–H and O–H groups in total. The molecule has 1 heterocycles. The van der Waals surface area contributed by atoms with Crippen molar-refractivity contribution in [2.75, 3.05) is 0 Å². The molecule has 2 rings (SSSR count). The summed E-state index contributed by atoms with van der Waals surface area (Å²) in [5.74, 6) is -0.914. The van der Waals surface area contributed by atoms with Gasteiger partial charge in [-0.25, -0.2) is 13.1 Å². The monoisotopic (exact) mass is 334 g/mol. The number of aliphatic carboxylic acids is 1. The third-order valence-electron chi connectivity index (χ3n) is 3.62. The van der Waals surface area contributed by atoms with E-state index in [2.05, 4.69) is 9.71 Å². The van der Waals surface area contributed by atoms with Crippen LogP contribution in [0.1, 0.15) is 25.0 Å². The first-order chi connectivity index (χ1) is 10.7. The highest BCUT2D eigenvalue weighted by Gasteiger charge is 2.29. The molecule has 0 spiro atoms. The second kappa shape index (κ2) is 6.47. The van der Waals surface area contributed by atoms with Gasteiger partial charge in [-0.05, 0) is 37.1 Å². The van der Waals surface area contributed by atoms with E-state index in [-0.39, 0.29) is 11.4 Å². The predicted octanol–water partition coefficient (Wildman–Crippen LogP) is 1.92. The lowest BCUT2D eigenvalue weighted by Crippen LogP contribution is -2.28. The van der Waals surface area contributed by atoms with Crippen LogP contribution in [0, 0.1) is 0 Å². The number of sulfonamides is 1. The maximum absolute atomic E-state index is 12.1. The molecule has 0 fully saturated rings. The topological polar surface area (TPSA) is 96.4 Å². The molecule has 0 bridgehead atoms. The van der Waals surface area contributed by atoms with E-state index in [9.17, 15) is 18.3 Å². The van der Waals surface area contributed by atoms with Crippen molar-refractivity contribution in [1.29, 1.82) is 0 Å². The Hall–Kier alpha value is -2.25. The number of pyridine rings is 1. The summed E-state index contributed by atoms with van der Waals surface area (Å²) in [6.45, 7) is 3.36. The number of benzene rings is 1. The van der Waals surface area contributed by atoms with Gasteiger partial charge >= 0.3 is 5.97 Å². The quantitative estimate of drug-likeness (QED) is 0.841. The minimum absolute atomic E-state index is 0.101. The molecule has 0 amide bonds. The summed E-state index contributed by atoms with van der Waals surface area (Å²) in [5.41, 5.74) is 0.402. The Balaban J connectivity index is 2.09. The number of rotatable bonds is 6. The van der Waals surface area contributed by atoms with Crippen LogP contribution in [-0.4, -0.2) is 24.5 Å². The average Bonchev–Trinajstić information content (AvgIpc) is 2.54. The zero-order valence-corrected chi connectivity index (χ0v) is 13.7. The zero-order valence-electron chi connectivity index (χ0n) is 12.9. The lowest BCUT2D eigenvalue weighted by Gasteiger charge is -2.19. The molecule has 7 heteroatoms. The Kier molecular flexibility index (Phi) is 4.82. The molecule has 0 aliphatic rings. The van der Waals surface area contributed by atoms with Gasteiger partial charge in [0, 0.05) is 18.9 Å². The highest BCUT2D eigenvalue weighted by Crippen LogP contribution is 2.23. The van der Waals surface area contributed by atoms with Gasteiger partial charge in [-0.1, -0.05) is 24.3 Å². The van der Waals surface area contributed by atoms with Crippen molar-refractivity contribution in [3.63, 3.8) is 0 Å². The molecule has 0 radical (unpaired) electrons. The Morgan fingerprint density at radius 2 is 1.87 bits per heavy atom. The highest BCUT2D eigenvalue weighted by atomic mass is 32.2. The fourth-order valence-electron chi connectivity index (χ4n) is 1.93. The van der Waals surface area contributed by atoms with Crippen LogP contribution < -0.4 is 4.72 Å². The van der Waals surface area contributed by atoms with Crippen molar-refractivity contribution < 1.29 is 18.3 Å². The molecular formula is C16H18N2O4S. The number of hydrogen-bond acceptors (Lipinski definition) is 4. The van der Waals surface area contributed by atoms with Crippen molar-refractivity contribution in [3.05, 3.63) is 59.9 Å². The lowest BCUT2D eigenvalue weighted by atomic mass is 9.84. The second-order valence-corrected chi connectivity index (χ2v) is 7.41.